The molecule has 2 amide bonds. The summed E-state index contributed by atoms with van der Waals surface area (Å²) < 4.78 is 49.4. The van der Waals surface area contributed by atoms with Crippen molar-refractivity contribution in [2.24, 2.45) is 0 Å². The number of H-pyrrole nitrogens is 1. The molecule has 0 aliphatic rings. The minimum atomic E-state index is -4.66. The van der Waals surface area contributed by atoms with Crippen molar-refractivity contribution < 1.29 is 37.3 Å². The fourth-order valence-corrected chi connectivity index (χ4v) is 3.26. The van der Waals surface area contributed by atoms with Crippen molar-refractivity contribution in [3.05, 3.63) is 89.4 Å². The number of hydrogen-bond donors (Lipinski definition) is 4. The molecule has 38 heavy (non-hydrogen) atoms. The molecule has 9 nitrogen and oxygen atoms in total. The van der Waals surface area contributed by atoms with Gasteiger partial charge in [-0.05, 0) is 42.5 Å². The third-order valence-electron chi connectivity index (χ3n) is 4.72. The molecule has 0 atom stereocenters. The second kappa shape index (κ2) is 12.8. The van der Waals surface area contributed by atoms with E-state index in [1.807, 2.05) is 0 Å². The van der Waals surface area contributed by atoms with Crippen LogP contribution in [0.3, 0.4) is 0 Å². The van der Waals surface area contributed by atoms with Gasteiger partial charge in [-0.25, -0.2) is 9.59 Å². The molecule has 3 aromatic rings. The van der Waals surface area contributed by atoms with Crippen molar-refractivity contribution in [3.63, 3.8) is 0 Å². The van der Waals surface area contributed by atoms with E-state index in [2.05, 4.69) is 27.2 Å². The number of allylic oxidation sites excluding steroid dienone is 1. The number of amides is 2. The van der Waals surface area contributed by atoms with Crippen LogP contribution in [0.4, 0.5) is 23.7 Å². The summed E-state index contributed by atoms with van der Waals surface area (Å²) in [6, 6.07) is 7.04. The number of hydrogen-bond acceptors (Lipinski definition) is 6. The predicted molar refractivity (Wildman–Crippen MR) is 134 cm³/mol. The van der Waals surface area contributed by atoms with E-state index < -0.39 is 28.8 Å². The highest BCUT2D eigenvalue weighted by atomic mass is 35.5. The van der Waals surface area contributed by atoms with Crippen LogP contribution in [0.5, 0.6) is 5.75 Å². The number of rotatable bonds is 10. The van der Waals surface area contributed by atoms with Crippen LogP contribution < -0.4 is 15.4 Å². The number of anilines is 1. The maximum Gasteiger partial charge on any atom is 0.417 e. The van der Waals surface area contributed by atoms with Crippen molar-refractivity contribution in [1.82, 2.24) is 15.3 Å². The van der Waals surface area contributed by atoms with Crippen LogP contribution in [0.2, 0.25) is 5.02 Å². The van der Waals surface area contributed by atoms with Gasteiger partial charge in [0.1, 0.15) is 19.0 Å². The standard InChI is InChI=1S/C25H22ClF3N4O5/c1-15(32-24(36)33-17-4-5-20(26)19(12-17)25(27,28)29)3-2-9-37-18-6-7-30-22(13-18)21-11-16(14-31-21)23(35)38-10-8-34/h2-7,11-14,31,34H,1,8-10H2,(H2,32,33,36)/b3-2-. The highest BCUT2D eigenvalue weighted by Crippen LogP contribution is 2.36. The van der Waals surface area contributed by atoms with Gasteiger partial charge in [0.05, 0.1) is 34.1 Å². The quantitative estimate of drug-likeness (QED) is 0.204. The summed E-state index contributed by atoms with van der Waals surface area (Å²) in [6.45, 7) is 3.38. The lowest BCUT2D eigenvalue weighted by Crippen LogP contribution is -2.27. The highest BCUT2D eigenvalue weighted by molar-refractivity contribution is 6.31. The molecule has 13 heteroatoms. The van der Waals surface area contributed by atoms with Crippen molar-refractivity contribution in [3.8, 4) is 17.1 Å². The first-order chi connectivity index (χ1) is 18.1. The average Bonchev–Trinajstić information content (AvgIpc) is 3.36. The Balaban J connectivity index is 1.50. The zero-order chi connectivity index (χ0) is 27.7. The van der Waals surface area contributed by atoms with Crippen LogP contribution >= 0.6 is 11.6 Å². The molecule has 2 aromatic heterocycles. The normalized spacial score (nSPS) is 11.3. The first-order valence-electron chi connectivity index (χ1n) is 10.9. The number of esters is 1. The summed E-state index contributed by atoms with van der Waals surface area (Å²) in [5.74, 6) is -0.112. The number of nitrogens with zero attached hydrogens (tertiary/aromatic N) is 1. The monoisotopic (exact) mass is 550 g/mol. The minimum absolute atomic E-state index is 0.0935. The molecule has 0 fully saturated rings. The summed E-state index contributed by atoms with van der Waals surface area (Å²) in [7, 11) is 0. The average molecular weight is 551 g/mol. The Bertz CT molecular complexity index is 1340. The number of carbonyl (C=O) groups excluding carboxylic acids is 2. The second-order valence-corrected chi connectivity index (χ2v) is 7.96. The van der Waals surface area contributed by atoms with Gasteiger partial charge in [0.25, 0.3) is 0 Å². The van der Waals surface area contributed by atoms with E-state index >= 15 is 0 Å². The van der Waals surface area contributed by atoms with Crippen molar-refractivity contribution in [1.29, 1.82) is 0 Å². The van der Waals surface area contributed by atoms with E-state index in [1.54, 1.807) is 24.3 Å². The van der Waals surface area contributed by atoms with Crippen LogP contribution in [0.1, 0.15) is 15.9 Å². The molecular weight excluding hydrogens is 529 g/mol. The molecular formula is C25H22ClF3N4O5. The van der Waals surface area contributed by atoms with Gasteiger partial charge in [0.2, 0.25) is 0 Å². The maximum absolute atomic E-state index is 13.0. The highest BCUT2D eigenvalue weighted by Gasteiger charge is 2.33. The maximum atomic E-state index is 13.0. The third kappa shape index (κ3) is 8.11. The number of urea groups is 1. The van der Waals surface area contributed by atoms with E-state index in [1.165, 1.54) is 24.5 Å². The van der Waals surface area contributed by atoms with Crippen LogP contribution in [-0.2, 0) is 10.9 Å². The Kier molecular flexibility index (Phi) is 9.52. The summed E-state index contributed by atoms with van der Waals surface area (Å²) in [5.41, 5.74) is 0.336. The predicted octanol–water partition coefficient (Wildman–Crippen LogP) is 5.17. The number of alkyl halides is 3. The van der Waals surface area contributed by atoms with Gasteiger partial charge >= 0.3 is 18.2 Å². The van der Waals surface area contributed by atoms with Crippen LogP contribution in [0.15, 0.2) is 73.2 Å². The van der Waals surface area contributed by atoms with Crippen LogP contribution in [0.25, 0.3) is 11.4 Å². The number of carbonyl (C=O) groups is 2. The summed E-state index contributed by atoms with van der Waals surface area (Å²) >= 11 is 5.57. The van der Waals surface area contributed by atoms with E-state index in [9.17, 15) is 22.8 Å². The number of ether oxygens (including phenoxy) is 2. The van der Waals surface area contributed by atoms with Gasteiger partial charge in [-0.3, -0.25) is 4.98 Å². The number of halogens is 4. The number of nitrogens with one attached hydrogen (secondary N) is 3. The Morgan fingerprint density at radius 3 is 2.74 bits per heavy atom. The van der Waals surface area contributed by atoms with Crippen molar-refractivity contribution in [2.75, 3.05) is 25.1 Å². The fraction of sp³-hybridized carbons (Fsp3) is 0.160. The van der Waals surface area contributed by atoms with Crippen molar-refractivity contribution in [2.45, 2.75) is 6.18 Å². The number of pyridine rings is 1. The molecule has 0 aliphatic carbocycles. The molecule has 0 spiro atoms. The molecule has 200 valence electrons. The fourth-order valence-electron chi connectivity index (χ4n) is 3.03. The summed E-state index contributed by atoms with van der Waals surface area (Å²) in [4.78, 5) is 31.1. The molecule has 2 heterocycles. The SMILES string of the molecule is C=C(/C=C\COc1ccnc(-c2cc(C(=O)OCCO)c[nH]2)c1)NC(=O)Nc1ccc(Cl)c(C(F)(F)F)c1. The zero-order valence-corrected chi connectivity index (χ0v) is 20.4. The Labute approximate surface area is 219 Å². The topological polar surface area (TPSA) is 126 Å². The lowest BCUT2D eigenvalue weighted by Gasteiger charge is -2.12. The summed E-state index contributed by atoms with van der Waals surface area (Å²) in [5, 5.41) is 12.9. The number of aliphatic hydroxyl groups is 1. The van der Waals surface area contributed by atoms with E-state index in [0.29, 0.717) is 17.1 Å². The van der Waals surface area contributed by atoms with Crippen LogP contribution in [0, 0.1) is 0 Å². The first-order valence-corrected chi connectivity index (χ1v) is 11.3. The van der Waals surface area contributed by atoms with Gasteiger partial charge in [0, 0.05) is 29.8 Å². The smallest absolute Gasteiger partial charge is 0.417 e. The second-order valence-electron chi connectivity index (χ2n) is 7.55. The largest absolute Gasteiger partial charge is 0.489 e. The molecule has 0 bridgehead atoms. The Morgan fingerprint density at radius 2 is 2.00 bits per heavy atom. The Hall–Kier alpha value is -4.29. The lowest BCUT2D eigenvalue weighted by atomic mass is 10.2. The summed E-state index contributed by atoms with van der Waals surface area (Å²) in [6.07, 6.45) is 1.34. The van der Waals surface area contributed by atoms with Gasteiger partial charge in [-0.1, -0.05) is 18.2 Å². The number of aromatic nitrogens is 2. The van der Waals surface area contributed by atoms with E-state index in [4.69, 9.17) is 26.2 Å². The lowest BCUT2D eigenvalue weighted by molar-refractivity contribution is -0.137. The van der Waals surface area contributed by atoms with Crippen molar-refractivity contribution >= 4 is 29.3 Å². The minimum Gasteiger partial charge on any atom is -0.489 e. The molecule has 4 N–H and O–H groups in total. The van der Waals surface area contributed by atoms with Gasteiger partial charge in [0.15, 0.2) is 0 Å². The number of benzene rings is 1. The Morgan fingerprint density at radius 1 is 1.21 bits per heavy atom. The number of aromatic amines is 1. The van der Waals surface area contributed by atoms with E-state index in [0.717, 1.165) is 12.1 Å². The first kappa shape index (κ1) is 28.3. The van der Waals surface area contributed by atoms with E-state index in [-0.39, 0.29) is 36.8 Å². The van der Waals surface area contributed by atoms with Gasteiger partial charge in [-0.15, -0.1) is 0 Å². The number of aliphatic hydroxyl groups excluding tert-OH is 1. The molecule has 0 saturated heterocycles. The molecule has 1 aromatic carbocycles. The molecule has 0 aliphatic heterocycles. The molecule has 0 saturated carbocycles. The molecule has 0 radical (unpaired) electrons. The van der Waals surface area contributed by atoms with Gasteiger partial charge < -0.3 is 30.2 Å². The molecule has 0 unspecified atom stereocenters. The van der Waals surface area contributed by atoms with Gasteiger partial charge in [-0.2, -0.15) is 13.2 Å². The molecule has 3 rings (SSSR count). The zero-order valence-electron chi connectivity index (χ0n) is 19.6. The third-order valence-corrected chi connectivity index (χ3v) is 5.05. The van der Waals surface area contributed by atoms with Crippen LogP contribution in [-0.4, -0.2) is 46.9 Å².